The van der Waals surface area contributed by atoms with E-state index in [0.717, 1.165) is 52.5 Å². The van der Waals surface area contributed by atoms with Crippen molar-refractivity contribution in [2.75, 3.05) is 6.54 Å². The Bertz CT molecular complexity index is 1020. The van der Waals surface area contributed by atoms with Gasteiger partial charge in [-0.2, -0.15) is 0 Å². The number of thiazole rings is 1. The van der Waals surface area contributed by atoms with Crippen LogP contribution in [0.5, 0.6) is 0 Å². The molecule has 6 heteroatoms. The molecule has 3 heterocycles. The molecule has 1 aliphatic heterocycles. The Morgan fingerprint density at radius 3 is 3.03 bits per heavy atom. The number of nitrogens with one attached hydrogen (secondary N) is 1. The lowest BCUT2D eigenvalue weighted by atomic mass is 9.98. The van der Waals surface area contributed by atoms with E-state index in [4.69, 9.17) is 4.98 Å². The number of aromatic nitrogens is 1. The van der Waals surface area contributed by atoms with Crippen molar-refractivity contribution in [1.29, 1.82) is 0 Å². The molecule has 1 aliphatic rings. The zero-order chi connectivity index (χ0) is 20.4. The second-order valence-electron chi connectivity index (χ2n) is 7.98. The van der Waals surface area contributed by atoms with Crippen molar-refractivity contribution >= 4 is 38.7 Å². The van der Waals surface area contributed by atoms with Crippen LogP contribution >= 0.6 is 22.7 Å². The van der Waals surface area contributed by atoms with E-state index >= 15 is 0 Å². The van der Waals surface area contributed by atoms with Crippen LogP contribution in [0.4, 0.5) is 4.39 Å². The van der Waals surface area contributed by atoms with E-state index in [-0.39, 0.29) is 5.82 Å². The van der Waals surface area contributed by atoms with Gasteiger partial charge in [0.25, 0.3) is 0 Å². The molecular formula is C23H27FN2OS2. The van der Waals surface area contributed by atoms with Crippen molar-refractivity contribution in [3.05, 3.63) is 39.3 Å². The first-order valence-electron chi connectivity index (χ1n) is 10.5. The number of benzene rings is 1. The maximum Gasteiger partial charge on any atom is 0.138 e. The summed E-state index contributed by atoms with van der Waals surface area (Å²) in [6, 6.07) is 4.78. The largest absolute Gasteiger partial charge is 0.312 e. The minimum absolute atomic E-state index is 0.261. The van der Waals surface area contributed by atoms with Crippen LogP contribution in [0, 0.1) is 11.7 Å². The Labute approximate surface area is 179 Å². The topological polar surface area (TPSA) is 42.0 Å². The number of hydrogen-bond acceptors (Lipinski definition) is 5. The van der Waals surface area contributed by atoms with E-state index in [1.54, 1.807) is 28.7 Å². The maximum atomic E-state index is 13.6. The summed E-state index contributed by atoms with van der Waals surface area (Å²) in [5.74, 6) is 0.734. The molecule has 1 N–H and O–H groups in total. The van der Waals surface area contributed by atoms with Gasteiger partial charge in [0.2, 0.25) is 0 Å². The highest BCUT2D eigenvalue weighted by Gasteiger charge is 2.25. The molecule has 0 saturated heterocycles. The zero-order valence-electron chi connectivity index (χ0n) is 17.0. The second kappa shape index (κ2) is 9.02. The zero-order valence-corrected chi connectivity index (χ0v) is 18.6. The first kappa shape index (κ1) is 20.6. The van der Waals surface area contributed by atoms with Gasteiger partial charge in [0.15, 0.2) is 0 Å². The van der Waals surface area contributed by atoms with Crippen LogP contribution in [0.2, 0.25) is 0 Å². The van der Waals surface area contributed by atoms with Gasteiger partial charge in [-0.3, -0.25) is 4.79 Å². The second-order valence-corrected chi connectivity index (χ2v) is 10.2. The molecule has 1 aromatic carbocycles. The third-order valence-corrected chi connectivity index (χ3v) is 8.06. The van der Waals surface area contributed by atoms with Crippen LogP contribution < -0.4 is 5.32 Å². The summed E-state index contributed by atoms with van der Waals surface area (Å²) < 4.78 is 14.6. The Balaban J connectivity index is 1.62. The number of halogens is 1. The number of fused-ring (bicyclic) bond motifs is 2. The standard InChI is InChI=1S/C23H27FN2OS2/c1-3-14(2)5-4-6-16(27)12-20-22(17-9-10-25-13-21(17)28-20)23-26-18-11-15(24)7-8-19(18)29-23/h7-8,11,14,25H,3-6,9-10,12-13H2,1-2H3. The fourth-order valence-electron chi connectivity index (χ4n) is 3.89. The number of hydrogen-bond donors (Lipinski definition) is 1. The summed E-state index contributed by atoms with van der Waals surface area (Å²) in [4.78, 5) is 19.9. The number of carbonyl (C=O) groups is 1. The van der Waals surface area contributed by atoms with Crippen LogP contribution in [-0.4, -0.2) is 17.3 Å². The van der Waals surface area contributed by atoms with Gasteiger partial charge in [-0.25, -0.2) is 9.37 Å². The fourth-order valence-corrected chi connectivity index (χ4v) is 6.36. The lowest BCUT2D eigenvalue weighted by Gasteiger charge is -2.13. The van der Waals surface area contributed by atoms with Gasteiger partial charge in [-0.05, 0) is 43.0 Å². The number of carbonyl (C=O) groups excluding carboxylic acids is 1. The maximum absolute atomic E-state index is 13.6. The van der Waals surface area contributed by atoms with E-state index in [0.29, 0.717) is 30.1 Å². The van der Waals surface area contributed by atoms with Crippen molar-refractivity contribution in [2.45, 2.75) is 58.9 Å². The van der Waals surface area contributed by atoms with Crippen molar-refractivity contribution in [3.63, 3.8) is 0 Å². The molecule has 3 aromatic rings. The van der Waals surface area contributed by atoms with Crippen LogP contribution in [0.1, 0.15) is 54.8 Å². The van der Waals surface area contributed by atoms with E-state index in [1.165, 1.54) is 29.0 Å². The predicted molar refractivity (Wildman–Crippen MR) is 120 cm³/mol. The summed E-state index contributed by atoms with van der Waals surface area (Å²) in [7, 11) is 0. The van der Waals surface area contributed by atoms with Gasteiger partial charge in [0, 0.05) is 40.8 Å². The SMILES string of the molecule is CCC(C)CCCC(=O)Cc1sc2c(c1-c1nc3cc(F)ccc3s1)CCNC2. The van der Waals surface area contributed by atoms with Crippen LogP contribution in [0.15, 0.2) is 18.2 Å². The fraction of sp³-hybridized carbons (Fsp3) is 0.478. The van der Waals surface area contributed by atoms with E-state index < -0.39 is 0 Å². The minimum Gasteiger partial charge on any atom is -0.312 e. The van der Waals surface area contributed by atoms with Crippen LogP contribution in [0.3, 0.4) is 0 Å². The molecule has 3 nitrogen and oxygen atoms in total. The number of rotatable bonds is 8. The van der Waals surface area contributed by atoms with Gasteiger partial charge < -0.3 is 5.32 Å². The molecular weight excluding hydrogens is 403 g/mol. The van der Waals surface area contributed by atoms with Crippen molar-refractivity contribution < 1.29 is 9.18 Å². The Hall–Kier alpha value is -1.63. The average molecular weight is 431 g/mol. The van der Waals surface area contributed by atoms with Gasteiger partial charge in [0.1, 0.15) is 16.6 Å². The molecule has 0 spiro atoms. The third-order valence-electron chi connectivity index (χ3n) is 5.77. The van der Waals surface area contributed by atoms with Gasteiger partial charge >= 0.3 is 0 Å². The highest BCUT2D eigenvalue weighted by atomic mass is 32.1. The van der Waals surface area contributed by atoms with Crippen LogP contribution in [-0.2, 0) is 24.2 Å². The van der Waals surface area contributed by atoms with Gasteiger partial charge in [0.05, 0.1) is 10.2 Å². The molecule has 154 valence electrons. The number of thiophene rings is 1. The average Bonchev–Trinajstić information content (AvgIpc) is 3.27. The smallest absolute Gasteiger partial charge is 0.138 e. The first-order chi connectivity index (χ1) is 14.0. The van der Waals surface area contributed by atoms with Crippen molar-refractivity contribution in [1.82, 2.24) is 10.3 Å². The molecule has 0 bridgehead atoms. The monoisotopic (exact) mass is 430 g/mol. The molecule has 2 aromatic heterocycles. The molecule has 0 fully saturated rings. The van der Waals surface area contributed by atoms with Crippen molar-refractivity contribution in [2.24, 2.45) is 5.92 Å². The van der Waals surface area contributed by atoms with Crippen LogP contribution in [0.25, 0.3) is 20.8 Å². The number of ketones is 1. The number of nitrogens with zero attached hydrogens (tertiary/aromatic N) is 1. The highest BCUT2D eigenvalue weighted by molar-refractivity contribution is 7.22. The quantitative estimate of drug-likeness (QED) is 0.467. The molecule has 1 atom stereocenters. The van der Waals surface area contributed by atoms with E-state index in [1.807, 2.05) is 0 Å². The molecule has 4 rings (SSSR count). The molecule has 0 saturated carbocycles. The van der Waals surface area contributed by atoms with Crippen molar-refractivity contribution in [3.8, 4) is 10.6 Å². The highest BCUT2D eigenvalue weighted by Crippen LogP contribution is 2.42. The lowest BCUT2D eigenvalue weighted by Crippen LogP contribution is -2.22. The summed E-state index contributed by atoms with van der Waals surface area (Å²) in [6.07, 6.45) is 5.34. The van der Waals surface area contributed by atoms with E-state index in [9.17, 15) is 9.18 Å². The minimum atomic E-state index is -0.261. The predicted octanol–water partition coefficient (Wildman–Crippen LogP) is 6.14. The summed E-state index contributed by atoms with van der Waals surface area (Å²) >= 11 is 3.35. The van der Waals surface area contributed by atoms with E-state index in [2.05, 4.69) is 19.2 Å². The Morgan fingerprint density at radius 2 is 2.21 bits per heavy atom. The van der Waals surface area contributed by atoms with Gasteiger partial charge in [-0.1, -0.05) is 26.7 Å². The number of Topliss-reactive ketones (excluding diaryl/α,β-unsaturated/α-hetero) is 1. The molecule has 0 radical (unpaired) electrons. The van der Waals surface area contributed by atoms with Gasteiger partial charge in [-0.15, -0.1) is 22.7 Å². The summed E-state index contributed by atoms with van der Waals surface area (Å²) in [5, 5.41) is 4.36. The molecule has 0 aliphatic carbocycles. The first-order valence-corrected chi connectivity index (χ1v) is 12.1. The lowest BCUT2D eigenvalue weighted by molar-refractivity contribution is -0.118. The Morgan fingerprint density at radius 1 is 1.34 bits per heavy atom. The normalized spacial score (nSPS) is 14.9. The summed E-state index contributed by atoms with van der Waals surface area (Å²) in [5.41, 5.74) is 3.17. The summed E-state index contributed by atoms with van der Waals surface area (Å²) in [6.45, 7) is 6.25. The molecule has 1 unspecified atom stereocenters. The Kier molecular flexibility index (Phi) is 6.42. The molecule has 29 heavy (non-hydrogen) atoms. The molecule has 0 amide bonds. The third kappa shape index (κ3) is 4.60.